The van der Waals surface area contributed by atoms with Crippen LogP contribution in [0.15, 0.2) is 47.4 Å². The van der Waals surface area contributed by atoms with Gasteiger partial charge in [-0.15, -0.1) is 11.8 Å². The summed E-state index contributed by atoms with van der Waals surface area (Å²) in [5.41, 5.74) is 3.47. The van der Waals surface area contributed by atoms with Crippen molar-refractivity contribution in [3.63, 3.8) is 0 Å². The summed E-state index contributed by atoms with van der Waals surface area (Å²) in [5, 5.41) is 6.18. The monoisotopic (exact) mass is 300 g/mol. The maximum absolute atomic E-state index is 12.4. The van der Waals surface area contributed by atoms with E-state index in [-0.39, 0.29) is 5.91 Å². The first-order valence-corrected chi connectivity index (χ1v) is 8.16. The number of hydrogen-bond donors (Lipinski definition) is 2. The third-order valence-electron chi connectivity index (χ3n) is 3.13. The van der Waals surface area contributed by atoms with Crippen molar-refractivity contribution < 1.29 is 4.79 Å². The number of amides is 1. The second-order valence-electron chi connectivity index (χ2n) is 4.76. The van der Waals surface area contributed by atoms with Crippen LogP contribution in [0.1, 0.15) is 22.8 Å². The molecule has 0 radical (unpaired) electrons. The van der Waals surface area contributed by atoms with Crippen molar-refractivity contribution in [2.75, 3.05) is 23.4 Å². The first-order valence-electron chi connectivity index (χ1n) is 6.94. The minimum Gasteiger partial charge on any atom is -0.385 e. The van der Waals surface area contributed by atoms with E-state index in [9.17, 15) is 4.79 Å². The number of carbonyl (C=O) groups is 1. The number of nitrogens with one attached hydrogen (secondary N) is 2. The van der Waals surface area contributed by atoms with E-state index in [1.165, 1.54) is 4.90 Å². The molecule has 110 valence electrons. The molecule has 0 heterocycles. The van der Waals surface area contributed by atoms with Gasteiger partial charge in [0.1, 0.15) is 0 Å². The SMILES string of the molecule is CCNc1cc(C)ccc1C(=O)Nc1ccc(SC)cc1. The van der Waals surface area contributed by atoms with Crippen molar-refractivity contribution in [2.45, 2.75) is 18.7 Å². The Morgan fingerprint density at radius 2 is 1.86 bits per heavy atom. The number of aryl methyl sites for hydroxylation is 1. The van der Waals surface area contributed by atoms with Gasteiger partial charge in [-0.2, -0.15) is 0 Å². The molecular weight excluding hydrogens is 280 g/mol. The molecule has 1 amide bonds. The van der Waals surface area contributed by atoms with Gasteiger partial charge in [0.2, 0.25) is 0 Å². The predicted molar refractivity (Wildman–Crippen MR) is 91.5 cm³/mol. The molecule has 0 aliphatic rings. The van der Waals surface area contributed by atoms with Crippen molar-refractivity contribution in [1.82, 2.24) is 0 Å². The summed E-state index contributed by atoms with van der Waals surface area (Å²) in [5.74, 6) is -0.0946. The fraction of sp³-hybridized carbons (Fsp3) is 0.235. The zero-order valence-electron chi connectivity index (χ0n) is 12.6. The van der Waals surface area contributed by atoms with E-state index < -0.39 is 0 Å². The van der Waals surface area contributed by atoms with E-state index in [1.54, 1.807) is 11.8 Å². The summed E-state index contributed by atoms with van der Waals surface area (Å²) >= 11 is 1.68. The van der Waals surface area contributed by atoms with Crippen LogP contribution >= 0.6 is 11.8 Å². The highest BCUT2D eigenvalue weighted by Gasteiger charge is 2.11. The fourth-order valence-corrected chi connectivity index (χ4v) is 2.47. The minimum atomic E-state index is -0.0946. The van der Waals surface area contributed by atoms with Crippen LogP contribution in [0.5, 0.6) is 0 Å². The van der Waals surface area contributed by atoms with Crippen LogP contribution in [0.4, 0.5) is 11.4 Å². The Kier molecular flexibility index (Phi) is 5.28. The van der Waals surface area contributed by atoms with Gasteiger partial charge in [-0.1, -0.05) is 6.07 Å². The van der Waals surface area contributed by atoms with Crippen LogP contribution in [-0.2, 0) is 0 Å². The Morgan fingerprint density at radius 3 is 2.48 bits per heavy atom. The van der Waals surface area contributed by atoms with Crippen molar-refractivity contribution in [3.8, 4) is 0 Å². The van der Waals surface area contributed by atoms with Crippen molar-refractivity contribution in [2.24, 2.45) is 0 Å². The van der Waals surface area contributed by atoms with Gasteiger partial charge in [-0.3, -0.25) is 4.79 Å². The molecule has 0 aliphatic heterocycles. The van der Waals surface area contributed by atoms with E-state index in [1.807, 2.05) is 62.6 Å². The summed E-state index contributed by atoms with van der Waals surface area (Å²) in [6.07, 6.45) is 2.03. The quantitative estimate of drug-likeness (QED) is 0.804. The highest BCUT2D eigenvalue weighted by Crippen LogP contribution is 2.21. The second-order valence-corrected chi connectivity index (χ2v) is 5.64. The molecule has 0 spiro atoms. The average Bonchev–Trinajstić information content (AvgIpc) is 2.48. The summed E-state index contributed by atoms with van der Waals surface area (Å²) < 4.78 is 0. The molecule has 2 rings (SSSR count). The predicted octanol–water partition coefficient (Wildman–Crippen LogP) is 4.40. The number of thioether (sulfide) groups is 1. The second kappa shape index (κ2) is 7.18. The van der Waals surface area contributed by atoms with Crippen LogP contribution in [0, 0.1) is 6.92 Å². The lowest BCUT2D eigenvalue weighted by Crippen LogP contribution is -2.15. The number of benzene rings is 2. The third kappa shape index (κ3) is 4.02. The molecule has 0 aliphatic carbocycles. The van der Waals surface area contributed by atoms with Crippen LogP contribution in [0.25, 0.3) is 0 Å². The largest absolute Gasteiger partial charge is 0.385 e. The molecule has 3 nitrogen and oxygen atoms in total. The Balaban J connectivity index is 2.19. The molecular formula is C17H20N2OS. The molecule has 0 saturated carbocycles. The molecule has 2 aromatic carbocycles. The van der Waals surface area contributed by atoms with Gasteiger partial charge in [0.25, 0.3) is 5.91 Å². The van der Waals surface area contributed by atoms with E-state index in [0.717, 1.165) is 23.5 Å². The Labute approximate surface area is 130 Å². The summed E-state index contributed by atoms with van der Waals surface area (Å²) in [4.78, 5) is 13.6. The van der Waals surface area contributed by atoms with Gasteiger partial charge in [-0.05, 0) is 62.1 Å². The van der Waals surface area contributed by atoms with Crippen LogP contribution in [0.2, 0.25) is 0 Å². The lowest BCUT2D eigenvalue weighted by molar-refractivity contribution is 0.102. The zero-order chi connectivity index (χ0) is 15.2. The normalized spacial score (nSPS) is 10.2. The fourth-order valence-electron chi connectivity index (χ4n) is 2.07. The molecule has 2 aromatic rings. The molecule has 0 bridgehead atoms. The lowest BCUT2D eigenvalue weighted by atomic mass is 10.1. The van der Waals surface area contributed by atoms with Gasteiger partial charge >= 0.3 is 0 Å². The van der Waals surface area contributed by atoms with Crippen LogP contribution in [0.3, 0.4) is 0 Å². The van der Waals surface area contributed by atoms with E-state index >= 15 is 0 Å². The molecule has 0 saturated heterocycles. The van der Waals surface area contributed by atoms with E-state index in [2.05, 4.69) is 10.6 Å². The number of anilines is 2. The van der Waals surface area contributed by atoms with Crippen molar-refractivity contribution in [3.05, 3.63) is 53.6 Å². The van der Waals surface area contributed by atoms with Gasteiger partial charge in [0.15, 0.2) is 0 Å². The van der Waals surface area contributed by atoms with Gasteiger partial charge < -0.3 is 10.6 Å². The molecule has 0 aromatic heterocycles. The number of hydrogen-bond acceptors (Lipinski definition) is 3. The van der Waals surface area contributed by atoms with Gasteiger partial charge in [-0.25, -0.2) is 0 Å². The maximum atomic E-state index is 12.4. The number of rotatable bonds is 5. The molecule has 21 heavy (non-hydrogen) atoms. The molecule has 0 fully saturated rings. The Hall–Kier alpha value is -1.94. The van der Waals surface area contributed by atoms with Crippen LogP contribution in [-0.4, -0.2) is 18.7 Å². The van der Waals surface area contributed by atoms with Gasteiger partial charge in [0, 0.05) is 22.8 Å². The van der Waals surface area contributed by atoms with Crippen LogP contribution < -0.4 is 10.6 Å². The highest BCUT2D eigenvalue weighted by atomic mass is 32.2. The van der Waals surface area contributed by atoms with Crippen molar-refractivity contribution >= 4 is 29.0 Å². The zero-order valence-corrected chi connectivity index (χ0v) is 13.4. The summed E-state index contributed by atoms with van der Waals surface area (Å²) in [6.45, 7) is 4.82. The lowest BCUT2D eigenvalue weighted by Gasteiger charge is -2.12. The smallest absolute Gasteiger partial charge is 0.257 e. The summed E-state index contributed by atoms with van der Waals surface area (Å²) in [7, 11) is 0. The average molecular weight is 300 g/mol. The molecule has 0 unspecified atom stereocenters. The highest BCUT2D eigenvalue weighted by molar-refractivity contribution is 7.98. The topological polar surface area (TPSA) is 41.1 Å². The first kappa shape index (κ1) is 15.4. The summed E-state index contributed by atoms with van der Waals surface area (Å²) in [6, 6.07) is 13.7. The van der Waals surface area contributed by atoms with E-state index in [4.69, 9.17) is 0 Å². The molecule has 2 N–H and O–H groups in total. The minimum absolute atomic E-state index is 0.0946. The first-order chi connectivity index (χ1) is 10.1. The van der Waals surface area contributed by atoms with Crippen molar-refractivity contribution in [1.29, 1.82) is 0 Å². The third-order valence-corrected chi connectivity index (χ3v) is 3.88. The van der Waals surface area contributed by atoms with E-state index in [0.29, 0.717) is 5.56 Å². The Bertz CT molecular complexity index is 623. The van der Waals surface area contributed by atoms with Gasteiger partial charge in [0.05, 0.1) is 5.56 Å². The molecule has 4 heteroatoms. The molecule has 0 atom stereocenters. The number of carbonyl (C=O) groups excluding carboxylic acids is 1. The standard InChI is InChI=1S/C17H20N2OS/c1-4-18-16-11-12(2)5-10-15(16)17(20)19-13-6-8-14(21-3)9-7-13/h5-11,18H,4H2,1-3H3,(H,19,20). The maximum Gasteiger partial charge on any atom is 0.257 e. The Morgan fingerprint density at radius 1 is 1.14 bits per heavy atom.